The fourth-order valence-corrected chi connectivity index (χ4v) is 29.7. The number of aromatic amines is 6. The van der Waals surface area contributed by atoms with Gasteiger partial charge in [0, 0.05) is 211 Å². The molecule has 6 heterocycles. The zero-order chi connectivity index (χ0) is 107. The third kappa shape index (κ3) is 17.7. The number of carbonyl (C=O) groups is 6. The molecule has 6 aromatic carbocycles. The first kappa shape index (κ1) is 104. The van der Waals surface area contributed by atoms with E-state index in [-0.39, 0.29) is 49.8 Å². The zero-order valence-electron chi connectivity index (χ0n) is 91.8. The Bertz CT molecular complexity index is 7240. The van der Waals surface area contributed by atoms with Gasteiger partial charge in [0.2, 0.25) is 0 Å². The number of allylic oxidation sites excluding steroid dienone is 12. The highest BCUT2D eigenvalue weighted by atomic mass is 16.1. The quantitative estimate of drug-likeness (QED) is 0.0848. The Labute approximate surface area is 882 Å². The van der Waals surface area contributed by atoms with E-state index in [1.807, 2.05) is 112 Å². The number of aryl methyl sites for hydroxylation is 6. The molecule has 12 aliphatic rings. The Kier molecular flexibility index (Phi) is 26.1. The molecule has 21 nitrogen and oxygen atoms in total. The van der Waals surface area contributed by atoms with Crippen molar-refractivity contribution < 1.29 is 28.8 Å². The average molecular weight is 2000 g/mol. The summed E-state index contributed by atoms with van der Waals surface area (Å²) < 4.78 is 0. The van der Waals surface area contributed by atoms with E-state index in [1.54, 1.807) is 0 Å². The Morgan fingerprint density at radius 3 is 0.527 bits per heavy atom. The summed E-state index contributed by atoms with van der Waals surface area (Å²) in [6.45, 7) is 73.5. The number of fused-ring (bicyclic) bond motifs is 6. The highest BCUT2D eigenvalue weighted by Crippen LogP contribution is 2.62. The van der Waals surface area contributed by atoms with E-state index in [0.717, 1.165) is 212 Å². The van der Waals surface area contributed by atoms with Gasteiger partial charge in [0.15, 0.2) is 51.8 Å². The molecule has 6 aromatic heterocycles. The van der Waals surface area contributed by atoms with Crippen molar-refractivity contribution in [2.75, 3.05) is 0 Å². The first-order chi connectivity index (χ1) is 70.8. The first-order valence-corrected chi connectivity index (χ1v) is 53.2. The number of nitrogens with one attached hydrogen (secondary N) is 6. The average Bonchev–Trinajstić information content (AvgIpc) is 0.906. The molecule has 24 rings (SSSR count). The minimum Gasteiger partial charge on any atom is -0.294 e. The van der Waals surface area contributed by atoms with Gasteiger partial charge in [-0.3, -0.25) is 59.4 Å². The summed E-state index contributed by atoms with van der Waals surface area (Å²) in [5.41, 5.74) is 38.3. The molecule has 21 heteroatoms. The highest BCUT2D eigenvalue weighted by molar-refractivity contribution is 6.06. The first-order valence-electron chi connectivity index (χ1n) is 53.2. The van der Waals surface area contributed by atoms with Crippen molar-refractivity contribution in [3.63, 3.8) is 0 Å². The lowest BCUT2D eigenvalue weighted by molar-refractivity contribution is -0.119. The second kappa shape index (κ2) is 37.6. The zero-order valence-corrected chi connectivity index (χ0v) is 91.8. The summed E-state index contributed by atoms with van der Waals surface area (Å²) in [7, 11) is 0. The van der Waals surface area contributed by atoms with Crippen LogP contribution in [0.4, 0.5) is 17.1 Å². The Morgan fingerprint density at radius 2 is 0.367 bits per heavy atom. The van der Waals surface area contributed by atoms with E-state index < -0.39 is 32.5 Å². The van der Waals surface area contributed by atoms with Crippen LogP contribution in [0.3, 0.4) is 0 Å². The maximum Gasteiger partial charge on any atom is 0.187 e. The number of hydrogen-bond donors (Lipinski definition) is 6. The van der Waals surface area contributed by atoms with Gasteiger partial charge in [-0.2, -0.15) is 30.6 Å². The molecular weight excluding hydrogens is 1860 g/mol. The Balaban J connectivity index is 0.000000113. The van der Waals surface area contributed by atoms with Gasteiger partial charge in [-0.05, 0) is 187 Å². The van der Waals surface area contributed by atoms with Crippen molar-refractivity contribution in [3.8, 4) is 0 Å². The van der Waals surface area contributed by atoms with Crippen LogP contribution in [-0.4, -0.2) is 95.9 Å². The topological polar surface area (TPSA) is 288 Å². The van der Waals surface area contributed by atoms with E-state index in [9.17, 15) is 28.8 Å². The summed E-state index contributed by atoms with van der Waals surface area (Å²) in [5.74, 6) is 1.62. The molecule has 2 unspecified atom stereocenters. The van der Waals surface area contributed by atoms with Crippen LogP contribution in [0.2, 0.25) is 0 Å². The van der Waals surface area contributed by atoms with Crippen LogP contribution >= 0.6 is 0 Å². The number of aromatic nitrogens is 12. The van der Waals surface area contributed by atoms with Gasteiger partial charge in [-0.1, -0.05) is 280 Å². The molecule has 768 valence electrons. The minimum absolute atomic E-state index is 0.0158. The fraction of sp³-hybridized carbons (Fsp3) is 0.419. The smallest absolute Gasteiger partial charge is 0.187 e. The lowest BCUT2D eigenvalue weighted by Crippen LogP contribution is -2.41. The molecule has 0 amide bonds. The fourth-order valence-electron chi connectivity index (χ4n) is 29.7. The molecule has 6 atom stereocenters. The maximum absolute atomic E-state index is 13.3. The second-order valence-corrected chi connectivity index (χ2v) is 50.4. The number of nitrogens with zero attached hydrogens (tertiary/aromatic N) is 9. The largest absolute Gasteiger partial charge is 0.294 e. The van der Waals surface area contributed by atoms with Crippen LogP contribution in [0.15, 0.2) is 231 Å². The number of benzene rings is 6. The van der Waals surface area contributed by atoms with Crippen molar-refractivity contribution in [2.45, 2.75) is 314 Å². The Hall–Kier alpha value is -14.5. The summed E-state index contributed by atoms with van der Waals surface area (Å²) in [6, 6.07) is 54.3. The van der Waals surface area contributed by atoms with Crippen LogP contribution in [0.25, 0.3) is 14.5 Å². The number of ketones is 6. The standard InChI is InChI=1S/3C22H23N3O.3C21H24N2O/c3*1-13-19-17(25-24-13)9-14-11-21(2,3)12-18(26)20(14)22(19,4)15-7-6-8-16(10-15)23-5;3*1-13-18-16(23-22-13)10-14-11-20(2,3)12-17(24)19(14)21(18,4)15-8-6-5-7-9-15/h3*6-8,10H,9,11-12H2,1-4H3,(H,24,25);3*5-9H,10-12H2,1-4H3,(H,22,23)/t2*22-;;2*21-;/m10.10./s1. The van der Waals surface area contributed by atoms with E-state index >= 15 is 0 Å². The third-order valence-electron chi connectivity index (χ3n) is 34.9. The lowest BCUT2D eigenvalue weighted by atomic mass is 9.58. The molecule has 12 aliphatic carbocycles. The van der Waals surface area contributed by atoms with E-state index in [0.29, 0.717) is 72.9 Å². The molecule has 0 spiro atoms. The normalized spacial score (nSPS) is 24.7. The van der Waals surface area contributed by atoms with Gasteiger partial charge in [-0.15, -0.1) is 0 Å². The molecule has 0 aliphatic heterocycles. The highest BCUT2D eigenvalue weighted by Gasteiger charge is 2.57. The number of hydrogen-bond acceptors (Lipinski definition) is 12. The van der Waals surface area contributed by atoms with Crippen molar-refractivity contribution in [3.05, 3.63) is 400 Å². The predicted molar refractivity (Wildman–Crippen MR) is 589 cm³/mol. The Morgan fingerprint density at radius 1 is 0.213 bits per heavy atom. The van der Waals surface area contributed by atoms with E-state index in [1.165, 1.54) is 66.8 Å². The van der Waals surface area contributed by atoms with Crippen LogP contribution in [0, 0.1) is 93.7 Å². The minimum atomic E-state index is -0.561. The predicted octanol–water partition coefficient (Wildman–Crippen LogP) is 27.2. The number of H-pyrrole nitrogens is 6. The molecule has 0 bridgehead atoms. The molecule has 0 saturated heterocycles. The van der Waals surface area contributed by atoms with Crippen molar-refractivity contribution in [1.29, 1.82) is 0 Å². The molecule has 12 aromatic rings. The third-order valence-corrected chi connectivity index (χ3v) is 34.9. The summed E-state index contributed by atoms with van der Waals surface area (Å²) >= 11 is 0. The van der Waals surface area contributed by atoms with Crippen molar-refractivity contribution >= 4 is 51.8 Å². The number of Topliss-reactive ketones (excluding diaryl/α,β-unsaturated/α-hetero) is 6. The van der Waals surface area contributed by atoms with Crippen LogP contribution in [0.5, 0.6) is 0 Å². The van der Waals surface area contributed by atoms with Gasteiger partial charge in [0.25, 0.3) is 0 Å². The van der Waals surface area contributed by atoms with Crippen LogP contribution in [-0.2, 0) is 99.8 Å². The van der Waals surface area contributed by atoms with Crippen LogP contribution < -0.4 is 0 Å². The van der Waals surface area contributed by atoms with Gasteiger partial charge in [0.1, 0.15) is 0 Å². The van der Waals surface area contributed by atoms with Crippen molar-refractivity contribution in [2.24, 2.45) is 32.5 Å². The van der Waals surface area contributed by atoms with E-state index in [4.69, 9.17) is 19.7 Å². The second-order valence-electron chi connectivity index (χ2n) is 50.4. The molecule has 0 saturated carbocycles. The van der Waals surface area contributed by atoms with Gasteiger partial charge in [-0.25, -0.2) is 14.5 Å². The monoisotopic (exact) mass is 2000 g/mol. The van der Waals surface area contributed by atoms with Gasteiger partial charge < -0.3 is 0 Å². The SMILES string of the molecule is Cc1[nH]nc2c1C(C)(c1ccccc1)C1=C(C2)CC(C)(C)CC1=O.Cc1[nH]nc2c1[C@@](C)(c1ccccc1)C1=C(C2)CC(C)(C)CC1=O.Cc1[nH]nc2c1[C@](C)(c1ccccc1)C1=C(C2)CC(C)(C)CC1=O.[C-]#[N+]c1cccc(C2(C)C3=C(Cc4n[nH]c(C)c42)CC(C)(C)CC3=O)c1.[C-]#[N+]c1cccc([C@@]2(C)C3=C(Cc4n[nH]c(C)c42)CC(C)(C)CC3=O)c1.[C-]#[N+]c1cccc([C@]2(C)C3=C(Cc4n[nH]c(C)c42)CC(C)(C)CC3=O)c1. The molecule has 150 heavy (non-hydrogen) atoms. The maximum atomic E-state index is 13.3. The lowest BCUT2D eigenvalue weighted by Gasteiger charge is -2.44. The molecule has 0 fully saturated rings. The summed E-state index contributed by atoms with van der Waals surface area (Å²) in [5, 5.41) is 46.2. The van der Waals surface area contributed by atoms with Crippen LogP contribution in [0.1, 0.15) is 337 Å². The number of carbonyl (C=O) groups excluding carboxylic acids is 6. The summed E-state index contributed by atoms with van der Waals surface area (Å²) in [6.07, 6.45) is 13.8. The molecule has 0 radical (unpaired) electrons. The van der Waals surface area contributed by atoms with E-state index in [2.05, 4.69) is 294 Å². The summed E-state index contributed by atoms with van der Waals surface area (Å²) in [4.78, 5) is 90.2. The molecular formula is C129H141N15O6. The van der Waals surface area contributed by atoms with Crippen molar-refractivity contribution in [1.82, 2.24) is 61.2 Å². The van der Waals surface area contributed by atoms with Gasteiger partial charge >= 0.3 is 0 Å². The van der Waals surface area contributed by atoms with Gasteiger partial charge in [0.05, 0.1) is 53.9 Å². The molecule has 6 N–H and O–H groups in total. The number of rotatable bonds is 6.